The number of hydrogen-bond donors (Lipinski definition) is 5. The van der Waals surface area contributed by atoms with Crippen LogP contribution in [0.2, 0.25) is 0 Å². The number of hydrogen-bond acceptors (Lipinski definition) is 9. The van der Waals surface area contributed by atoms with Crippen LogP contribution in [-0.4, -0.2) is 75.3 Å². The van der Waals surface area contributed by atoms with Crippen molar-refractivity contribution in [2.24, 2.45) is 23.7 Å². The van der Waals surface area contributed by atoms with Crippen LogP contribution in [0.5, 0.6) is 0 Å². The molecule has 0 bridgehead atoms. The lowest BCUT2D eigenvalue weighted by Gasteiger charge is -2.24. The number of fused-ring (bicyclic) bond motifs is 1. The summed E-state index contributed by atoms with van der Waals surface area (Å²) in [7, 11) is 0. The third-order valence-corrected chi connectivity index (χ3v) is 10.9. The minimum atomic E-state index is -0.693. The van der Waals surface area contributed by atoms with Crippen molar-refractivity contribution in [3.05, 3.63) is 121 Å². The van der Waals surface area contributed by atoms with E-state index < -0.39 is 35.9 Å². The van der Waals surface area contributed by atoms with E-state index in [1.807, 2.05) is 85.0 Å². The van der Waals surface area contributed by atoms with Gasteiger partial charge in [-0.25, -0.2) is 4.79 Å². The van der Waals surface area contributed by atoms with E-state index in [0.717, 1.165) is 22.8 Å². The maximum absolute atomic E-state index is 13.7. The molecule has 0 aliphatic heterocycles. The number of pyridine rings is 1. The number of aliphatic hydroxyl groups is 3. The molecule has 7 atom stereocenters. The molecule has 3 aromatic rings. The molecular formula is C48H61N3O8. The van der Waals surface area contributed by atoms with E-state index in [1.165, 1.54) is 5.56 Å². The largest absolute Gasteiger partial charge is 0.461 e. The molecule has 11 heteroatoms. The number of anilines is 1. The number of allylic oxidation sites excluding steroid dienone is 6. The number of aromatic nitrogens is 1. The van der Waals surface area contributed by atoms with Gasteiger partial charge < -0.3 is 35.4 Å². The number of nitrogens with one attached hydrogen (secondary N) is 2. The summed E-state index contributed by atoms with van der Waals surface area (Å²) in [4.78, 5) is 43.1. The summed E-state index contributed by atoms with van der Waals surface area (Å²) in [5, 5.41) is 39.6. The summed E-state index contributed by atoms with van der Waals surface area (Å²) < 4.78 is 11.0. The van der Waals surface area contributed by atoms with Gasteiger partial charge in [0.25, 0.3) is 0 Å². The quantitative estimate of drug-likeness (QED) is 0.0462. The summed E-state index contributed by atoms with van der Waals surface area (Å²) in [5.74, 6) is -1.80. The maximum atomic E-state index is 13.7. The lowest BCUT2D eigenvalue weighted by atomic mass is 9.85. The minimum Gasteiger partial charge on any atom is -0.461 e. The first-order valence-electron chi connectivity index (χ1n) is 20.9. The van der Waals surface area contributed by atoms with Gasteiger partial charge in [0.1, 0.15) is 12.2 Å². The van der Waals surface area contributed by atoms with Crippen molar-refractivity contribution in [3.8, 4) is 0 Å². The number of ether oxygens (including phenoxy) is 2. The van der Waals surface area contributed by atoms with Crippen molar-refractivity contribution < 1.29 is 39.2 Å². The van der Waals surface area contributed by atoms with Gasteiger partial charge in [-0.1, -0.05) is 78.9 Å². The first-order chi connectivity index (χ1) is 28.3. The Kier molecular flexibility index (Phi) is 17.0. The maximum Gasteiger partial charge on any atom is 0.407 e. The monoisotopic (exact) mass is 807 g/mol. The summed E-state index contributed by atoms with van der Waals surface area (Å²) in [6.45, 7) is 5.43. The minimum absolute atomic E-state index is 0.0276. The third-order valence-electron chi connectivity index (χ3n) is 10.9. The number of aryl methyl sites for hydroxylation is 1. The molecule has 0 saturated heterocycles. The standard InChI is InChI=1S/C48H61N3O8/c1-48(2,3)59-47(57)50-31-42(46(56)51-38-22-21-37-30-49-27-26-36(37)28-38)35-15-11-14-34(18-20-35)32-58-45(55)17-10-5-4-9-16-40-41(44(54)29-43(40)53)25-24-39(52)23-19-33-12-7-6-8-13-33/h4,6-9,11-15,18,20-22,26-28,30,35,39-44,52-54H,5,10,16-17,19,23-25,29,31-32H2,1-3H3,(H,50,57)(H,51,56)/b9-4-/t35?,39-,40+,41+,42?,43?,44?/m0/s1. The molecule has 316 valence electrons. The molecule has 1 saturated carbocycles. The fourth-order valence-electron chi connectivity index (χ4n) is 7.72. The van der Waals surface area contributed by atoms with Crippen LogP contribution in [0.3, 0.4) is 0 Å². The van der Waals surface area contributed by atoms with Crippen molar-refractivity contribution in [1.82, 2.24) is 10.3 Å². The molecule has 11 nitrogen and oxygen atoms in total. The molecule has 2 aliphatic rings. The Balaban J connectivity index is 1.05. The molecule has 2 aliphatic carbocycles. The van der Waals surface area contributed by atoms with Gasteiger partial charge in [0, 0.05) is 42.4 Å². The molecular weight excluding hydrogens is 747 g/mol. The van der Waals surface area contributed by atoms with Crippen LogP contribution in [-0.2, 0) is 25.5 Å². The van der Waals surface area contributed by atoms with Gasteiger partial charge in [-0.05, 0) is 119 Å². The van der Waals surface area contributed by atoms with E-state index in [1.54, 1.807) is 33.2 Å². The average Bonchev–Trinajstić information content (AvgIpc) is 3.31. The molecule has 1 heterocycles. The second kappa shape index (κ2) is 22.3. The predicted molar refractivity (Wildman–Crippen MR) is 230 cm³/mol. The number of esters is 1. The van der Waals surface area contributed by atoms with Crippen LogP contribution in [0.25, 0.3) is 10.8 Å². The number of alkyl carbamates (subject to hydrolysis) is 1. The number of unbranched alkanes of at least 4 members (excludes halogenated alkanes) is 1. The zero-order valence-electron chi connectivity index (χ0n) is 34.5. The van der Waals surface area contributed by atoms with Gasteiger partial charge in [0.2, 0.25) is 5.91 Å². The normalized spacial score (nSPS) is 21.5. The highest BCUT2D eigenvalue weighted by molar-refractivity contribution is 5.96. The molecule has 0 spiro atoms. The highest BCUT2D eigenvalue weighted by Gasteiger charge is 2.40. The van der Waals surface area contributed by atoms with Crippen molar-refractivity contribution in [1.29, 1.82) is 0 Å². The Morgan fingerprint density at radius 3 is 2.56 bits per heavy atom. The number of benzene rings is 2. The molecule has 1 aromatic heterocycles. The van der Waals surface area contributed by atoms with Crippen LogP contribution in [0.15, 0.2) is 115 Å². The topological polar surface area (TPSA) is 167 Å². The summed E-state index contributed by atoms with van der Waals surface area (Å²) in [6, 6.07) is 17.5. The van der Waals surface area contributed by atoms with Gasteiger partial charge in [-0.3, -0.25) is 14.6 Å². The van der Waals surface area contributed by atoms with Crippen LogP contribution >= 0.6 is 0 Å². The molecule has 2 amide bonds. The number of amides is 2. The Bertz CT molecular complexity index is 1950. The van der Waals surface area contributed by atoms with E-state index in [-0.39, 0.29) is 49.2 Å². The first-order valence-corrected chi connectivity index (χ1v) is 20.9. The zero-order valence-corrected chi connectivity index (χ0v) is 34.5. The van der Waals surface area contributed by atoms with Crippen molar-refractivity contribution in [2.45, 2.75) is 102 Å². The average molecular weight is 808 g/mol. The van der Waals surface area contributed by atoms with Crippen LogP contribution < -0.4 is 10.6 Å². The third kappa shape index (κ3) is 14.9. The number of rotatable bonds is 19. The van der Waals surface area contributed by atoms with Crippen LogP contribution in [0.1, 0.15) is 77.7 Å². The molecule has 0 radical (unpaired) electrons. The van der Waals surface area contributed by atoms with Gasteiger partial charge in [0.05, 0.1) is 24.2 Å². The fraction of sp³-hybridized carbons (Fsp3) is 0.458. The van der Waals surface area contributed by atoms with Gasteiger partial charge in [0.15, 0.2) is 0 Å². The summed E-state index contributed by atoms with van der Waals surface area (Å²) in [6.07, 6.45) is 19.7. The van der Waals surface area contributed by atoms with Gasteiger partial charge >= 0.3 is 12.1 Å². The summed E-state index contributed by atoms with van der Waals surface area (Å²) >= 11 is 0. The molecule has 5 N–H and O–H groups in total. The number of carbonyl (C=O) groups is 3. The second-order valence-electron chi connectivity index (χ2n) is 16.7. The van der Waals surface area contributed by atoms with Crippen LogP contribution in [0.4, 0.5) is 10.5 Å². The lowest BCUT2D eigenvalue weighted by molar-refractivity contribution is -0.142. The first kappa shape index (κ1) is 45.0. The number of nitrogens with zero attached hydrogens (tertiary/aromatic N) is 1. The predicted octanol–water partition coefficient (Wildman–Crippen LogP) is 7.77. The SMILES string of the molecule is CC(C)(C)OC(=O)NCC(C(=O)Nc1ccc2cnccc2c1)C1C=CC=C(COC(=O)CCC/C=C\C[C@H]2C(O)CC(O)[C@@H]2CC[C@@H](O)CCc2ccccc2)C=C1. The van der Waals surface area contributed by atoms with E-state index in [9.17, 15) is 29.7 Å². The smallest absolute Gasteiger partial charge is 0.407 e. The van der Waals surface area contributed by atoms with Crippen LogP contribution in [0, 0.1) is 23.7 Å². The van der Waals surface area contributed by atoms with Crippen molar-refractivity contribution >= 4 is 34.4 Å². The summed E-state index contributed by atoms with van der Waals surface area (Å²) in [5.41, 5.74) is 1.88. The van der Waals surface area contributed by atoms with E-state index >= 15 is 0 Å². The zero-order chi connectivity index (χ0) is 42.2. The van der Waals surface area contributed by atoms with E-state index in [2.05, 4.69) is 27.8 Å². The van der Waals surface area contributed by atoms with E-state index in [0.29, 0.717) is 50.6 Å². The molecule has 5 rings (SSSR count). The van der Waals surface area contributed by atoms with Crippen molar-refractivity contribution in [2.75, 3.05) is 18.5 Å². The Hall–Kier alpha value is -5.10. The molecule has 1 fully saturated rings. The van der Waals surface area contributed by atoms with E-state index in [4.69, 9.17) is 9.47 Å². The van der Waals surface area contributed by atoms with Crippen molar-refractivity contribution in [3.63, 3.8) is 0 Å². The highest BCUT2D eigenvalue weighted by Crippen LogP contribution is 2.38. The number of carbonyl (C=O) groups excluding carboxylic acids is 3. The molecule has 4 unspecified atom stereocenters. The Labute approximate surface area is 348 Å². The fourth-order valence-corrected chi connectivity index (χ4v) is 7.72. The highest BCUT2D eigenvalue weighted by atomic mass is 16.6. The Morgan fingerprint density at radius 1 is 0.966 bits per heavy atom. The van der Waals surface area contributed by atoms with Gasteiger partial charge in [-0.2, -0.15) is 0 Å². The Morgan fingerprint density at radius 2 is 1.76 bits per heavy atom. The number of aliphatic hydroxyl groups excluding tert-OH is 3. The lowest BCUT2D eigenvalue weighted by Crippen LogP contribution is -2.41. The molecule has 59 heavy (non-hydrogen) atoms. The molecule has 2 aromatic carbocycles. The second-order valence-corrected chi connectivity index (χ2v) is 16.7. The van der Waals surface area contributed by atoms with Gasteiger partial charge in [-0.15, -0.1) is 0 Å².